The maximum atomic E-state index is 5.43. The first-order valence-corrected chi connectivity index (χ1v) is 9.08. The molecule has 6 nitrogen and oxygen atoms in total. The summed E-state index contributed by atoms with van der Waals surface area (Å²) in [5.41, 5.74) is 1.20. The van der Waals surface area contributed by atoms with Crippen LogP contribution in [0.25, 0.3) is 0 Å². The van der Waals surface area contributed by atoms with Gasteiger partial charge in [0.25, 0.3) is 0 Å². The highest BCUT2D eigenvalue weighted by molar-refractivity contribution is 5.33. The number of benzene rings is 1. The average molecular weight is 349 g/mol. The minimum atomic E-state index is 0.615. The Bertz CT molecular complexity index is 805. The third-order valence-electron chi connectivity index (χ3n) is 4.68. The quantitative estimate of drug-likeness (QED) is 0.707. The summed E-state index contributed by atoms with van der Waals surface area (Å²) in [6.07, 6.45) is 3.69. The molecule has 1 atom stereocenters. The molecular weight excluding hydrogens is 326 g/mol. The molecule has 0 aliphatic carbocycles. The molecule has 0 unspecified atom stereocenters. The molecule has 0 radical (unpaired) electrons. The van der Waals surface area contributed by atoms with Crippen molar-refractivity contribution >= 4 is 5.82 Å². The lowest BCUT2D eigenvalue weighted by molar-refractivity contribution is 0.261. The molecular formula is C20H23N5O. The molecule has 26 heavy (non-hydrogen) atoms. The maximum Gasteiger partial charge on any atom is 0.240 e. The largest absolute Gasteiger partial charge is 0.370 e. The van der Waals surface area contributed by atoms with Gasteiger partial charge >= 0.3 is 0 Å². The maximum absolute atomic E-state index is 5.43. The van der Waals surface area contributed by atoms with Gasteiger partial charge in [-0.3, -0.25) is 4.90 Å². The van der Waals surface area contributed by atoms with Gasteiger partial charge in [0.1, 0.15) is 5.82 Å². The summed E-state index contributed by atoms with van der Waals surface area (Å²) in [6, 6.07) is 16.2. The predicted octanol–water partition coefficient (Wildman–Crippen LogP) is 2.99. The van der Waals surface area contributed by atoms with Gasteiger partial charge in [0.2, 0.25) is 5.89 Å². The van der Waals surface area contributed by atoms with Crippen molar-refractivity contribution in [1.29, 1.82) is 0 Å². The third kappa shape index (κ3) is 4.46. The molecule has 1 aliphatic rings. The van der Waals surface area contributed by atoms with Crippen molar-refractivity contribution < 1.29 is 4.52 Å². The zero-order valence-corrected chi connectivity index (χ0v) is 14.7. The number of anilines is 1. The topological polar surface area (TPSA) is 67.1 Å². The van der Waals surface area contributed by atoms with Crippen molar-refractivity contribution in [2.45, 2.75) is 19.4 Å². The average Bonchev–Trinajstić information content (AvgIpc) is 3.31. The van der Waals surface area contributed by atoms with E-state index in [1.165, 1.54) is 12.0 Å². The molecule has 134 valence electrons. The van der Waals surface area contributed by atoms with Gasteiger partial charge < -0.3 is 9.84 Å². The second-order valence-electron chi connectivity index (χ2n) is 6.75. The summed E-state index contributed by atoms with van der Waals surface area (Å²) in [5.74, 6) is 3.00. The Labute approximate surface area is 153 Å². The van der Waals surface area contributed by atoms with Crippen LogP contribution in [0.15, 0.2) is 59.3 Å². The molecule has 1 fully saturated rings. The van der Waals surface area contributed by atoms with Gasteiger partial charge in [0.15, 0.2) is 5.82 Å². The second-order valence-corrected chi connectivity index (χ2v) is 6.75. The molecule has 4 rings (SSSR count). The van der Waals surface area contributed by atoms with E-state index in [0.29, 0.717) is 18.2 Å². The van der Waals surface area contributed by atoms with Crippen molar-refractivity contribution in [2.75, 3.05) is 25.0 Å². The lowest BCUT2D eigenvalue weighted by Crippen LogP contribution is -2.23. The van der Waals surface area contributed by atoms with Crippen molar-refractivity contribution in [3.63, 3.8) is 0 Å². The number of hydrogen-bond acceptors (Lipinski definition) is 6. The lowest BCUT2D eigenvalue weighted by atomic mass is 10.1. The van der Waals surface area contributed by atoms with Crippen molar-refractivity contribution in [1.82, 2.24) is 20.0 Å². The molecule has 3 heterocycles. The first kappa shape index (κ1) is 16.7. The summed E-state index contributed by atoms with van der Waals surface area (Å²) < 4.78 is 5.43. The summed E-state index contributed by atoms with van der Waals surface area (Å²) >= 11 is 0. The Morgan fingerprint density at radius 3 is 2.85 bits per heavy atom. The van der Waals surface area contributed by atoms with E-state index in [4.69, 9.17) is 4.52 Å². The monoisotopic (exact) mass is 349 g/mol. The Kier molecular flexibility index (Phi) is 5.21. The van der Waals surface area contributed by atoms with Crippen molar-refractivity contribution in [2.24, 2.45) is 5.92 Å². The van der Waals surface area contributed by atoms with Gasteiger partial charge in [-0.25, -0.2) is 4.98 Å². The highest BCUT2D eigenvalue weighted by atomic mass is 16.5. The molecule has 0 spiro atoms. The zero-order chi connectivity index (χ0) is 17.6. The second kappa shape index (κ2) is 8.10. The highest BCUT2D eigenvalue weighted by Crippen LogP contribution is 2.19. The minimum Gasteiger partial charge on any atom is -0.370 e. The molecule has 1 N–H and O–H groups in total. The fourth-order valence-electron chi connectivity index (χ4n) is 3.34. The van der Waals surface area contributed by atoms with E-state index in [2.05, 4.69) is 37.5 Å². The fourth-order valence-corrected chi connectivity index (χ4v) is 3.34. The first-order valence-electron chi connectivity index (χ1n) is 9.08. The number of nitrogens with zero attached hydrogens (tertiary/aromatic N) is 4. The Hall–Kier alpha value is -2.73. The number of rotatable bonds is 7. The van der Waals surface area contributed by atoms with Crippen LogP contribution >= 0.6 is 0 Å². The Morgan fingerprint density at radius 1 is 1.12 bits per heavy atom. The number of likely N-dealkylation sites (tertiary alicyclic amines) is 1. The molecule has 1 saturated heterocycles. The number of hydrogen-bond donors (Lipinski definition) is 1. The SMILES string of the molecule is c1ccc(Cc2noc(CN3CC[C@H](CNc4ccccn4)C3)n2)cc1. The molecule has 0 bridgehead atoms. The molecule has 3 aromatic rings. The van der Waals surface area contributed by atoms with Crippen LogP contribution in [0.1, 0.15) is 23.7 Å². The minimum absolute atomic E-state index is 0.615. The number of pyridine rings is 1. The first-order chi connectivity index (χ1) is 12.8. The lowest BCUT2D eigenvalue weighted by Gasteiger charge is -2.14. The van der Waals surface area contributed by atoms with Gasteiger partial charge in [-0.15, -0.1) is 0 Å². The van der Waals surface area contributed by atoms with E-state index < -0.39 is 0 Å². The number of aromatic nitrogens is 3. The molecule has 6 heteroatoms. The predicted molar refractivity (Wildman–Crippen MR) is 99.7 cm³/mol. The zero-order valence-electron chi connectivity index (χ0n) is 14.7. The van der Waals surface area contributed by atoms with Crippen LogP contribution in [-0.2, 0) is 13.0 Å². The molecule has 0 saturated carbocycles. The summed E-state index contributed by atoms with van der Waals surface area (Å²) in [6.45, 7) is 3.76. The van der Waals surface area contributed by atoms with Crippen LogP contribution in [0.2, 0.25) is 0 Å². The smallest absolute Gasteiger partial charge is 0.240 e. The van der Waals surface area contributed by atoms with E-state index in [9.17, 15) is 0 Å². The van der Waals surface area contributed by atoms with E-state index in [0.717, 1.165) is 37.8 Å². The van der Waals surface area contributed by atoms with Crippen LogP contribution in [0.3, 0.4) is 0 Å². The molecule has 0 amide bonds. The van der Waals surface area contributed by atoms with E-state index in [1.54, 1.807) is 0 Å². The number of nitrogens with one attached hydrogen (secondary N) is 1. The van der Waals surface area contributed by atoms with Crippen molar-refractivity contribution in [3.05, 3.63) is 72.0 Å². The summed E-state index contributed by atoms with van der Waals surface area (Å²) in [4.78, 5) is 11.2. The van der Waals surface area contributed by atoms with Crippen LogP contribution in [0, 0.1) is 5.92 Å². The molecule has 2 aromatic heterocycles. The van der Waals surface area contributed by atoms with Crippen LogP contribution < -0.4 is 5.32 Å². The van der Waals surface area contributed by atoms with Gasteiger partial charge in [-0.05, 0) is 36.6 Å². The van der Waals surface area contributed by atoms with Gasteiger partial charge in [-0.2, -0.15) is 4.98 Å². The van der Waals surface area contributed by atoms with Gasteiger partial charge in [0.05, 0.1) is 6.54 Å². The normalized spacial score (nSPS) is 17.5. The third-order valence-corrected chi connectivity index (χ3v) is 4.68. The standard InChI is InChI=1S/C20H23N5O/c1-2-6-16(7-3-1)12-19-23-20(26-24-19)15-25-11-9-17(14-25)13-22-18-8-4-5-10-21-18/h1-8,10,17H,9,11-15H2,(H,21,22)/t17-/m1/s1. The van der Waals surface area contributed by atoms with E-state index >= 15 is 0 Å². The fraction of sp³-hybridized carbons (Fsp3) is 0.350. The Morgan fingerprint density at radius 2 is 2.00 bits per heavy atom. The van der Waals surface area contributed by atoms with Gasteiger partial charge in [-0.1, -0.05) is 41.6 Å². The summed E-state index contributed by atoms with van der Waals surface area (Å²) in [7, 11) is 0. The van der Waals surface area contributed by atoms with Crippen molar-refractivity contribution in [3.8, 4) is 0 Å². The van der Waals surface area contributed by atoms with E-state index in [1.807, 2.05) is 42.6 Å². The molecule has 1 aromatic carbocycles. The van der Waals surface area contributed by atoms with Crippen LogP contribution in [0.5, 0.6) is 0 Å². The highest BCUT2D eigenvalue weighted by Gasteiger charge is 2.24. The Balaban J connectivity index is 1.25. The van der Waals surface area contributed by atoms with Crippen LogP contribution in [-0.4, -0.2) is 39.7 Å². The van der Waals surface area contributed by atoms with Gasteiger partial charge in [0, 0.05) is 25.7 Å². The summed E-state index contributed by atoms with van der Waals surface area (Å²) in [5, 5.41) is 7.53. The van der Waals surface area contributed by atoms with E-state index in [-0.39, 0.29) is 0 Å². The molecule has 1 aliphatic heterocycles. The van der Waals surface area contributed by atoms with Crippen LogP contribution in [0.4, 0.5) is 5.82 Å².